The first-order chi connectivity index (χ1) is 11.6. The van der Waals surface area contributed by atoms with Crippen molar-refractivity contribution >= 4 is 11.6 Å². The molecule has 2 aromatic rings. The normalized spacial score (nSPS) is 15.6. The van der Waals surface area contributed by atoms with Gasteiger partial charge >= 0.3 is 0 Å². The molecule has 1 aromatic heterocycles. The molecule has 0 bridgehead atoms. The zero-order valence-electron chi connectivity index (χ0n) is 14.2. The Labute approximate surface area is 141 Å². The summed E-state index contributed by atoms with van der Waals surface area (Å²) < 4.78 is 5.37. The number of aromatic nitrogens is 2. The number of rotatable bonds is 5. The van der Waals surface area contributed by atoms with Gasteiger partial charge in [0.2, 0.25) is 5.95 Å². The highest BCUT2D eigenvalue weighted by Gasteiger charge is 2.10. The Bertz CT molecular complexity index is 719. The van der Waals surface area contributed by atoms with Crippen LogP contribution in [0.2, 0.25) is 0 Å². The second kappa shape index (κ2) is 7.59. The van der Waals surface area contributed by atoms with Crippen molar-refractivity contribution in [2.75, 3.05) is 31.6 Å². The Morgan fingerprint density at radius 2 is 1.96 bits per heavy atom. The van der Waals surface area contributed by atoms with E-state index < -0.39 is 0 Å². The fourth-order valence-electron chi connectivity index (χ4n) is 2.68. The molecule has 6 heteroatoms. The van der Waals surface area contributed by atoms with Crippen molar-refractivity contribution < 1.29 is 4.74 Å². The molecule has 0 saturated carbocycles. The molecule has 1 aliphatic rings. The maximum atomic E-state index is 11.7. The summed E-state index contributed by atoms with van der Waals surface area (Å²) in [7, 11) is 0. The predicted molar refractivity (Wildman–Crippen MR) is 94.8 cm³/mol. The minimum absolute atomic E-state index is 0.139. The van der Waals surface area contributed by atoms with Gasteiger partial charge in [-0.05, 0) is 23.6 Å². The van der Waals surface area contributed by atoms with Crippen LogP contribution in [-0.2, 0) is 11.3 Å². The number of nitrogens with one attached hydrogen (secondary N) is 2. The SMILES string of the molecule is CC(C)c1cc(=O)[nH]c(Nc2ccc(CN3CCOCC3)cc2)n1. The molecule has 2 heterocycles. The van der Waals surface area contributed by atoms with E-state index in [0.29, 0.717) is 5.95 Å². The smallest absolute Gasteiger partial charge is 0.252 e. The van der Waals surface area contributed by atoms with Crippen LogP contribution in [0.15, 0.2) is 35.1 Å². The molecular formula is C18H24N4O2. The third-order valence-corrected chi connectivity index (χ3v) is 4.08. The van der Waals surface area contributed by atoms with E-state index >= 15 is 0 Å². The van der Waals surface area contributed by atoms with Crippen LogP contribution >= 0.6 is 0 Å². The van der Waals surface area contributed by atoms with Crippen molar-refractivity contribution in [1.29, 1.82) is 0 Å². The lowest BCUT2D eigenvalue weighted by atomic mass is 10.1. The summed E-state index contributed by atoms with van der Waals surface area (Å²) in [5, 5.41) is 3.17. The quantitative estimate of drug-likeness (QED) is 0.882. The van der Waals surface area contributed by atoms with Crippen LogP contribution < -0.4 is 10.9 Å². The lowest BCUT2D eigenvalue weighted by molar-refractivity contribution is 0.0342. The lowest BCUT2D eigenvalue weighted by Crippen LogP contribution is -2.35. The number of H-pyrrole nitrogens is 1. The third-order valence-electron chi connectivity index (χ3n) is 4.08. The van der Waals surface area contributed by atoms with Crippen molar-refractivity contribution in [3.05, 3.63) is 51.9 Å². The molecule has 3 rings (SSSR count). The van der Waals surface area contributed by atoms with Crippen LogP contribution in [0.25, 0.3) is 0 Å². The fraction of sp³-hybridized carbons (Fsp3) is 0.444. The molecule has 1 fully saturated rings. The van der Waals surface area contributed by atoms with Gasteiger partial charge in [-0.3, -0.25) is 14.7 Å². The Kier molecular flexibility index (Phi) is 5.27. The van der Waals surface area contributed by atoms with E-state index in [0.717, 1.165) is 44.2 Å². The third kappa shape index (κ3) is 4.43. The standard InChI is InChI=1S/C18H24N4O2/c1-13(2)16-11-17(23)21-18(20-16)19-15-5-3-14(4-6-15)12-22-7-9-24-10-8-22/h3-6,11,13H,7-10,12H2,1-2H3,(H2,19,20,21,23). The molecule has 6 nitrogen and oxygen atoms in total. The molecule has 0 aliphatic carbocycles. The average Bonchev–Trinajstić information content (AvgIpc) is 2.57. The Morgan fingerprint density at radius 3 is 2.62 bits per heavy atom. The maximum absolute atomic E-state index is 11.7. The molecular weight excluding hydrogens is 304 g/mol. The number of hydrogen-bond acceptors (Lipinski definition) is 5. The maximum Gasteiger partial charge on any atom is 0.252 e. The molecule has 0 amide bonds. The van der Waals surface area contributed by atoms with E-state index in [1.54, 1.807) is 6.07 Å². The summed E-state index contributed by atoms with van der Waals surface area (Å²) in [5.74, 6) is 0.691. The summed E-state index contributed by atoms with van der Waals surface area (Å²) >= 11 is 0. The van der Waals surface area contributed by atoms with Gasteiger partial charge in [-0.1, -0.05) is 26.0 Å². The summed E-state index contributed by atoms with van der Waals surface area (Å²) in [6.07, 6.45) is 0. The van der Waals surface area contributed by atoms with Gasteiger partial charge in [0.05, 0.1) is 18.9 Å². The highest BCUT2D eigenvalue weighted by Crippen LogP contribution is 2.16. The van der Waals surface area contributed by atoms with Gasteiger partial charge in [0.25, 0.3) is 5.56 Å². The number of anilines is 2. The van der Waals surface area contributed by atoms with E-state index in [-0.39, 0.29) is 11.5 Å². The number of benzene rings is 1. The summed E-state index contributed by atoms with van der Waals surface area (Å²) in [5.41, 5.74) is 2.81. The van der Waals surface area contributed by atoms with Crippen molar-refractivity contribution in [3.8, 4) is 0 Å². The van der Waals surface area contributed by atoms with E-state index in [2.05, 4.69) is 32.3 Å². The lowest BCUT2D eigenvalue weighted by Gasteiger charge is -2.26. The van der Waals surface area contributed by atoms with Crippen LogP contribution in [0.3, 0.4) is 0 Å². The Hall–Kier alpha value is -2.18. The molecule has 1 aromatic carbocycles. The number of morpholine rings is 1. The molecule has 128 valence electrons. The van der Waals surface area contributed by atoms with E-state index in [1.807, 2.05) is 26.0 Å². The van der Waals surface area contributed by atoms with Gasteiger partial charge in [0.15, 0.2) is 0 Å². The van der Waals surface area contributed by atoms with Crippen molar-refractivity contribution in [2.24, 2.45) is 0 Å². The van der Waals surface area contributed by atoms with Crippen LogP contribution in [-0.4, -0.2) is 41.2 Å². The van der Waals surface area contributed by atoms with Crippen LogP contribution in [0.4, 0.5) is 11.6 Å². The first-order valence-corrected chi connectivity index (χ1v) is 8.37. The van der Waals surface area contributed by atoms with Gasteiger partial charge in [-0.25, -0.2) is 4.98 Å². The summed E-state index contributed by atoms with van der Waals surface area (Å²) in [4.78, 5) is 21.3. The Balaban J connectivity index is 1.66. The largest absolute Gasteiger partial charge is 0.379 e. The zero-order chi connectivity index (χ0) is 16.9. The van der Waals surface area contributed by atoms with E-state index in [1.165, 1.54) is 5.56 Å². The molecule has 2 N–H and O–H groups in total. The second-order valence-corrected chi connectivity index (χ2v) is 6.38. The van der Waals surface area contributed by atoms with Crippen molar-refractivity contribution in [2.45, 2.75) is 26.3 Å². The first kappa shape index (κ1) is 16.7. The van der Waals surface area contributed by atoms with Gasteiger partial charge in [-0.15, -0.1) is 0 Å². The molecule has 0 radical (unpaired) electrons. The van der Waals surface area contributed by atoms with Gasteiger partial charge < -0.3 is 10.1 Å². The molecule has 1 aliphatic heterocycles. The molecule has 0 spiro atoms. The summed E-state index contributed by atoms with van der Waals surface area (Å²) in [6, 6.07) is 9.77. The monoisotopic (exact) mass is 328 g/mol. The van der Waals surface area contributed by atoms with Crippen LogP contribution in [0.1, 0.15) is 31.0 Å². The van der Waals surface area contributed by atoms with Gasteiger partial charge in [-0.2, -0.15) is 0 Å². The number of nitrogens with zero attached hydrogens (tertiary/aromatic N) is 2. The minimum Gasteiger partial charge on any atom is -0.379 e. The van der Waals surface area contributed by atoms with Gasteiger partial charge in [0.1, 0.15) is 0 Å². The van der Waals surface area contributed by atoms with E-state index in [9.17, 15) is 4.79 Å². The Morgan fingerprint density at radius 1 is 1.25 bits per heavy atom. The molecule has 1 saturated heterocycles. The zero-order valence-corrected chi connectivity index (χ0v) is 14.2. The minimum atomic E-state index is -0.139. The predicted octanol–water partition coefficient (Wildman–Crippen LogP) is 2.47. The topological polar surface area (TPSA) is 70.2 Å². The first-order valence-electron chi connectivity index (χ1n) is 8.37. The van der Waals surface area contributed by atoms with Crippen LogP contribution in [0.5, 0.6) is 0 Å². The van der Waals surface area contributed by atoms with Gasteiger partial charge in [0, 0.05) is 31.4 Å². The highest BCUT2D eigenvalue weighted by molar-refractivity contribution is 5.53. The molecule has 0 atom stereocenters. The number of ether oxygens (including phenoxy) is 1. The molecule has 24 heavy (non-hydrogen) atoms. The fourth-order valence-corrected chi connectivity index (χ4v) is 2.68. The average molecular weight is 328 g/mol. The summed E-state index contributed by atoms with van der Waals surface area (Å²) in [6.45, 7) is 8.55. The highest BCUT2D eigenvalue weighted by atomic mass is 16.5. The number of aromatic amines is 1. The number of hydrogen-bond donors (Lipinski definition) is 2. The van der Waals surface area contributed by atoms with Crippen molar-refractivity contribution in [3.63, 3.8) is 0 Å². The van der Waals surface area contributed by atoms with E-state index in [4.69, 9.17) is 4.74 Å². The van der Waals surface area contributed by atoms with Crippen molar-refractivity contribution in [1.82, 2.24) is 14.9 Å². The second-order valence-electron chi connectivity index (χ2n) is 6.38. The van der Waals surface area contributed by atoms with Crippen LogP contribution in [0, 0.1) is 0 Å². The molecule has 0 unspecified atom stereocenters.